The number of nitrogens with zero attached hydrogens (tertiary/aromatic N) is 1. The molecule has 0 spiro atoms. The summed E-state index contributed by atoms with van der Waals surface area (Å²) in [4.78, 5) is 0. The van der Waals surface area contributed by atoms with Gasteiger partial charge < -0.3 is 4.48 Å². The molecule has 0 rings (SSSR count). The average Bonchev–Trinajstić information content (AvgIpc) is 2.88. The summed E-state index contributed by atoms with van der Waals surface area (Å²) in [5.74, 6) is 0. The van der Waals surface area contributed by atoms with Crippen molar-refractivity contribution in [1.29, 1.82) is 0 Å². The zero-order valence-corrected chi connectivity index (χ0v) is 26.1. The van der Waals surface area contributed by atoms with Gasteiger partial charge in [0.25, 0.3) is 10.1 Å². The lowest BCUT2D eigenvalue weighted by Crippen LogP contribution is -2.47. The van der Waals surface area contributed by atoms with Crippen LogP contribution in [0.15, 0.2) is 0 Å². The van der Waals surface area contributed by atoms with Crippen molar-refractivity contribution in [3.8, 4) is 0 Å². The molecule has 0 radical (unpaired) electrons. The lowest BCUT2D eigenvalue weighted by atomic mass is 10.1. The van der Waals surface area contributed by atoms with E-state index in [1.807, 2.05) is 0 Å². The minimum absolute atomic E-state index is 0.0600. The molecule has 4 nitrogen and oxygen atoms in total. The second-order valence-corrected chi connectivity index (χ2v) is 12.2. The number of hydrogen-bond acceptors (Lipinski definition) is 3. The number of quaternary nitrogens is 1. The molecule has 0 aromatic heterocycles. The monoisotopic (exact) mass is 538 g/mol. The molecule has 0 aliphatic rings. The zero-order valence-electron chi connectivity index (χ0n) is 25.3. The lowest BCUT2D eigenvalue weighted by molar-refractivity contribution is -0.921. The van der Waals surface area contributed by atoms with Crippen molar-refractivity contribution >= 4 is 10.1 Å². The van der Waals surface area contributed by atoms with E-state index < -0.39 is 15.6 Å². The molecule has 0 aliphatic carbocycles. The molecule has 220 valence electrons. The van der Waals surface area contributed by atoms with Crippen molar-refractivity contribution in [3.63, 3.8) is 0 Å². The van der Waals surface area contributed by atoms with Gasteiger partial charge in [0.2, 0.25) is 5.50 Å². The Morgan fingerprint density at radius 3 is 1.22 bits per heavy atom. The number of halogens is 1. The number of unbranched alkanes of at least 4 members (excludes halogenated alkanes) is 15. The first-order valence-corrected chi connectivity index (χ1v) is 17.1. The summed E-state index contributed by atoms with van der Waals surface area (Å²) in [5, 5.41) is 0. The van der Waals surface area contributed by atoms with E-state index in [0.717, 1.165) is 38.5 Å². The molecule has 0 saturated heterocycles. The first-order chi connectivity index (χ1) is 17.3. The quantitative estimate of drug-likeness (QED) is 0.0660. The molecule has 0 aromatic rings. The second kappa shape index (κ2) is 26.4. The van der Waals surface area contributed by atoms with Crippen molar-refractivity contribution in [2.24, 2.45) is 0 Å². The Bertz CT molecular complexity index is 521. The Balaban J connectivity index is 0. The van der Waals surface area contributed by atoms with Gasteiger partial charge >= 0.3 is 0 Å². The number of rotatable bonds is 25. The zero-order chi connectivity index (χ0) is 27.5. The highest BCUT2D eigenvalue weighted by Crippen LogP contribution is 2.17. The standard InChI is InChI=1S/C22H45FO3S.C8H20N/c1-3-5-7-9-10-11-12-13-14-15-17-19-21-26-27(24,25)22(23)20-18-16-8-6-4-2;1-5-9(6-2,7-3)8-4/h22H,3-21H2,1-2H3;5-8H2,1-4H3/q;+1. The van der Waals surface area contributed by atoms with Crippen LogP contribution in [0.2, 0.25) is 0 Å². The molecular weight excluding hydrogens is 473 g/mol. The predicted molar refractivity (Wildman–Crippen MR) is 157 cm³/mol. The molecule has 0 bridgehead atoms. The van der Waals surface area contributed by atoms with Crippen molar-refractivity contribution in [1.82, 2.24) is 0 Å². The molecule has 0 amide bonds. The Kier molecular flexibility index (Phi) is 27.8. The van der Waals surface area contributed by atoms with Gasteiger partial charge in [0.1, 0.15) is 0 Å². The predicted octanol–water partition coefficient (Wildman–Crippen LogP) is 9.57. The minimum atomic E-state index is -4.03. The van der Waals surface area contributed by atoms with E-state index in [2.05, 4.69) is 41.5 Å². The Labute approximate surface area is 226 Å². The van der Waals surface area contributed by atoms with E-state index >= 15 is 0 Å². The Morgan fingerprint density at radius 1 is 0.556 bits per heavy atom. The normalized spacial score (nSPS) is 12.9. The van der Waals surface area contributed by atoms with E-state index in [0.29, 0.717) is 12.8 Å². The summed E-state index contributed by atoms with van der Waals surface area (Å²) in [6.45, 7) is 18.7. The third-order valence-electron chi connectivity index (χ3n) is 7.78. The van der Waals surface area contributed by atoms with Gasteiger partial charge in [0.15, 0.2) is 0 Å². The minimum Gasteiger partial charge on any atom is -0.325 e. The van der Waals surface area contributed by atoms with Crippen LogP contribution in [-0.4, -0.2) is 51.2 Å². The number of hydrogen-bond donors (Lipinski definition) is 0. The average molecular weight is 539 g/mol. The first kappa shape index (κ1) is 37.9. The molecule has 0 saturated carbocycles. The fourth-order valence-electron chi connectivity index (χ4n) is 4.59. The third-order valence-corrected chi connectivity index (χ3v) is 9.13. The largest absolute Gasteiger partial charge is 0.325 e. The molecular formula is C30H65FNO3S+. The number of alkyl halides is 1. The topological polar surface area (TPSA) is 43.4 Å². The Hall–Kier alpha value is -0.200. The molecule has 1 unspecified atom stereocenters. The summed E-state index contributed by atoms with van der Waals surface area (Å²) < 4.78 is 43.5. The third kappa shape index (κ3) is 21.8. The van der Waals surface area contributed by atoms with Crippen molar-refractivity contribution in [2.75, 3.05) is 32.8 Å². The summed E-state index contributed by atoms with van der Waals surface area (Å²) in [6.07, 6.45) is 19.5. The molecule has 0 fully saturated rings. The molecule has 36 heavy (non-hydrogen) atoms. The first-order valence-electron chi connectivity index (χ1n) is 15.7. The molecule has 6 heteroatoms. The van der Waals surface area contributed by atoms with Crippen LogP contribution < -0.4 is 0 Å². The van der Waals surface area contributed by atoms with E-state index in [-0.39, 0.29) is 13.0 Å². The van der Waals surface area contributed by atoms with Crippen molar-refractivity contribution < 1.29 is 21.5 Å². The fourth-order valence-corrected chi connectivity index (χ4v) is 5.54. The molecule has 1 atom stereocenters. The SMILES string of the molecule is CCCCCCCCCCCCCCOS(=O)(=O)C(F)CCCCCCC.CC[N+](CC)(CC)CC. The highest BCUT2D eigenvalue weighted by Gasteiger charge is 2.25. The van der Waals surface area contributed by atoms with Gasteiger partial charge in [-0.3, -0.25) is 4.18 Å². The van der Waals surface area contributed by atoms with Gasteiger partial charge in [-0.15, -0.1) is 0 Å². The maximum atomic E-state index is 13.8. The fraction of sp³-hybridized carbons (Fsp3) is 1.00. The van der Waals surface area contributed by atoms with Crippen LogP contribution in [0.4, 0.5) is 4.39 Å². The van der Waals surface area contributed by atoms with Gasteiger partial charge in [-0.2, -0.15) is 8.42 Å². The van der Waals surface area contributed by atoms with Gasteiger partial charge in [-0.1, -0.05) is 110 Å². The van der Waals surface area contributed by atoms with Gasteiger partial charge in [0, 0.05) is 0 Å². The maximum Gasteiger partial charge on any atom is 0.299 e. The summed E-state index contributed by atoms with van der Waals surface area (Å²) in [6, 6.07) is 0. The highest BCUT2D eigenvalue weighted by molar-refractivity contribution is 7.87. The molecule has 0 aliphatic heterocycles. The van der Waals surface area contributed by atoms with E-state index in [1.165, 1.54) is 88.4 Å². The van der Waals surface area contributed by atoms with Crippen molar-refractivity contribution in [2.45, 2.75) is 163 Å². The van der Waals surface area contributed by atoms with E-state index in [9.17, 15) is 12.8 Å². The van der Waals surface area contributed by atoms with Crippen LogP contribution in [0.1, 0.15) is 157 Å². The lowest BCUT2D eigenvalue weighted by Gasteiger charge is -2.34. The van der Waals surface area contributed by atoms with Gasteiger partial charge in [-0.25, -0.2) is 4.39 Å². The maximum absolute atomic E-state index is 13.8. The summed E-state index contributed by atoms with van der Waals surface area (Å²) in [7, 11) is -4.03. The summed E-state index contributed by atoms with van der Waals surface area (Å²) in [5.41, 5.74) is -1.86. The van der Waals surface area contributed by atoms with Crippen LogP contribution in [-0.2, 0) is 14.3 Å². The van der Waals surface area contributed by atoms with Crippen molar-refractivity contribution in [3.05, 3.63) is 0 Å². The van der Waals surface area contributed by atoms with Crippen LogP contribution in [0.25, 0.3) is 0 Å². The van der Waals surface area contributed by atoms with Crippen LogP contribution >= 0.6 is 0 Å². The van der Waals surface area contributed by atoms with Crippen LogP contribution in [0, 0.1) is 0 Å². The van der Waals surface area contributed by atoms with E-state index in [4.69, 9.17) is 4.18 Å². The smallest absolute Gasteiger partial charge is 0.299 e. The Morgan fingerprint density at radius 2 is 0.889 bits per heavy atom. The van der Waals surface area contributed by atoms with Gasteiger partial charge in [0.05, 0.1) is 32.8 Å². The molecule has 0 heterocycles. The van der Waals surface area contributed by atoms with Gasteiger partial charge in [-0.05, 0) is 47.0 Å². The summed E-state index contributed by atoms with van der Waals surface area (Å²) >= 11 is 0. The second-order valence-electron chi connectivity index (χ2n) is 10.4. The molecule has 0 aromatic carbocycles. The molecule has 0 N–H and O–H groups in total. The van der Waals surface area contributed by atoms with Crippen LogP contribution in [0.5, 0.6) is 0 Å². The van der Waals surface area contributed by atoms with E-state index in [1.54, 1.807) is 0 Å². The highest BCUT2D eigenvalue weighted by atomic mass is 32.2. The van der Waals surface area contributed by atoms with Crippen LogP contribution in [0.3, 0.4) is 0 Å².